The van der Waals surface area contributed by atoms with Crippen LogP contribution in [-0.2, 0) is 71.9 Å². The SMILES string of the molecule is CC[C@H](C)[C@H](NC(=O)[C@H](CCC(N)=O)NC(=O)[C@H](CCC(N)=O)NC(=O)[C@@H]1CCCN1)C(=O)N[C@@H](CC(C)C)C(=O)N[C@@H](CCC(N)=O)C(=O)N[C@@H](CS)C(=O)N[C@@H](CO)C(=O)N1CCC[C@H]1C(=O)N[C@@H](C)C(=O)N[C@@H](CC(N)=O)C(=O)O. The number of carboxylic acid groups (broad SMARTS) is 1. The number of nitrogens with two attached hydrogens (primary N) is 4. The standard InChI is InChI=1S/C50H83N15O17S/c1-6-24(4)39(64-44(75)29(13-16-37(53)69)58-42(73)27(11-14-35(51)67)57-41(72)26-9-7-17-55-26)48(79)60-30(19-23(2)3)45(76)59-28(12-15-36(52)68)43(74)63-33(22-83)46(77)62-32(21-66)49(80)65-18-8-10-34(65)47(78)56-25(5)40(71)61-31(50(81)82)20-38(54)70/h23-34,39,55,66,83H,6-22H2,1-5H3,(H2,51,67)(H2,52,68)(H2,53,69)(H2,54,70)(H,56,78)(H,57,72)(H,58,73)(H,59,76)(H,60,79)(H,61,71)(H,62,77)(H,63,74)(H,64,75)(H,81,82)/t24-,25-,26-,27-,28-,29-,30-,31-,32-,33-,34-,39-/m0/s1. The van der Waals surface area contributed by atoms with Gasteiger partial charge in [-0.05, 0) is 76.7 Å². The number of primary amides is 4. The van der Waals surface area contributed by atoms with Gasteiger partial charge in [0.15, 0.2) is 0 Å². The molecule has 0 bridgehead atoms. The van der Waals surface area contributed by atoms with Gasteiger partial charge in [0.05, 0.1) is 19.1 Å². The molecule has 2 aliphatic rings. The minimum absolute atomic E-state index is 0.0366. The predicted octanol–water partition coefficient (Wildman–Crippen LogP) is -7.12. The van der Waals surface area contributed by atoms with Crippen LogP contribution in [0, 0.1) is 11.8 Å². The van der Waals surface area contributed by atoms with Crippen molar-refractivity contribution < 1.29 is 82.1 Å². The Balaban J connectivity index is 2.31. The van der Waals surface area contributed by atoms with E-state index in [1.165, 1.54) is 6.92 Å². The average molecular weight is 1200 g/mol. The van der Waals surface area contributed by atoms with Crippen molar-refractivity contribution in [3.8, 4) is 0 Å². The quantitative estimate of drug-likeness (QED) is 0.0257. The van der Waals surface area contributed by atoms with Gasteiger partial charge >= 0.3 is 5.97 Å². The van der Waals surface area contributed by atoms with Crippen molar-refractivity contribution in [2.24, 2.45) is 34.8 Å². The van der Waals surface area contributed by atoms with Gasteiger partial charge in [-0.1, -0.05) is 34.1 Å². The number of aliphatic hydroxyl groups is 1. The summed E-state index contributed by atoms with van der Waals surface area (Å²) in [5.74, 6) is -15.6. The molecule has 33 heteroatoms. The molecule has 0 aliphatic carbocycles. The van der Waals surface area contributed by atoms with Crippen LogP contribution in [0.3, 0.4) is 0 Å². The van der Waals surface area contributed by atoms with Gasteiger partial charge < -0.3 is 91.2 Å². The van der Waals surface area contributed by atoms with Crippen molar-refractivity contribution >= 4 is 101 Å². The third kappa shape index (κ3) is 24.4. The molecule has 12 atom stereocenters. The fraction of sp³-hybridized carbons (Fsp3) is 0.700. The zero-order valence-corrected chi connectivity index (χ0v) is 48.1. The van der Waals surface area contributed by atoms with Crippen LogP contribution in [-0.4, -0.2) is 196 Å². The lowest BCUT2D eigenvalue weighted by atomic mass is 9.96. The first-order valence-electron chi connectivity index (χ1n) is 27.3. The third-order valence-corrected chi connectivity index (χ3v) is 14.0. The number of thiol groups is 1. The second kappa shape index (κ2) is 35.3. The van der Waals surface area contributed by atoms with Crippen LogP contribution >= 0.6 is 12.6 Å². The summed E-state index contributed by atoms with van der Waals surface area (Å²) < 4.78 is 0. The summed E-state index contributed by atoms with van der Waals surface area (Å²) in [6.07, 6.45) is -1.24. The fourth-order valence-corrected chi connectivity index (χ4v) is 9.07. The van der Waals surface area contributed by atoms with E-state index >= 15 is 0 Å². The Morgan fingerprint density at radius 3 is 1.48 bits per heavy atom. The topological polar surface area (TPSA) is 524 Å². The second-order valence-electron chi connectivity index (χ2n) is 20.9. The smallest absolute Gasteiger partial charge is 0.326 e. The number of aliphatic hydroxyl groups excluding tert-OH is 1. The normalized spacial score (nSPS) is 18.3. The minimum Gasteiger partial charge on any atom is -0.480 e. The molecule has 2 aliphatic heterocycles. The summed E-state index contributed by atoms with van der Waals surface area (Å²) in [5.41, 5.74) is 21.2. The highest BCUT2D eigenvalue weighted by atomic mass is 32.1. The van der Waals surface area contributed by atoms with E-state index in [0.29, 0.717) is 19.4 Å². The number of amides is 14. The number of hydrogen-bond acceptors (Lipinski definition) is 18. The van der Waals surface area contributed by atoms with Crippen molar-refractivity contribution in [2.75, 3.05) is 25.4 Å². The first kappa shape index (κ1) is 71.4. The van der Waals surface area contributed by atoms with E-state index in [2.05, 4.69) is 65.8 Å². The Morgan fingerprint density at radius 1 is 0.554 bits per heavy atom. The van der Waals surface area contributed by atoms with Gasteiger partial charge in [0.1, 0.15) is 60.4 Å². The van der Waals surface area contributed by atoms with Crippen LogP contribution < -0.4 is 76.1 Å². The summed E-state index contributed by atoms with van der Waals surface area (Å²) in [6, 6.07) is -15.5. The third-order valence-electron chi connectivity index (χ3n) is 13.7. The number of nitrogens with one attached hydrogen (secondary N) is 10. The lowest BCUT2D eigenvalue weighted by Crippen LogP contribution is -2.61. The van der Waals surface area contributed by atoms with Gasteiger partial charge in [-0.2, -0.15) is 12.6 Å². The largest absolute Gasteiger partial charge is 0.480 e. The molecule has 0 saturated carbocycles. The molecule has 0 radical (unpaired) electrons. The second-order valence-corrected chi connectivity index (χ2v) is 21.3. The molecule has 83 heavy (non-hydrogen) atoms. The van der Waals surface area contributed by atoms with Gasteiger partial charge in [-0.15, -0.1) is 0 Å². The molecule has 466 valence electrons. The molecular weight excluding hydrogens is 1110 g/mol. The van der Waals surface area contributed by atoms with E-state index in [1.54, 1.807) is 27.7 Å². The van der Waals surface area contributed by atoms with E-state index in [1.807, 2.05) is 0 Å². The summed E-state index contributed by atoms with van der Waals surface area (Å²) in [5, 5.41) is 44.5. The van der Waals surface area contributed by atoms with Gasteiger partial charge in [0.2, 0.25) is 82.7 Å². The van der Waals surface area contributed by atoms with E-state index in [9.17, 15) is 82.1 Å². The Morgan fingerprint density at radius 2 is 1.02 bits per heavy atom. The number of hydrogen-bond donors (Lipinski definition) is 17. The lowest BCUT2D eigenvalue weighted by molar-refractivity contribution is -0.144. The first-order chi connectivity index (χ1) is 38.9. The highest BCUT2D eigenvalue weighted by Crippen LogP contribution is 2.20. The predicted molar refractivity (Wildman–Crippen MR) is 295 cm³/mol. The average Bonchev–Trinajstić information content (AvgIpc) is 4.32. The Labute approximate surface area is 484 Å². The Bertz CT molecular complexity index is 2380. The van der Waals surface area contributed by atoms with E-state index in [0.717, 1.165) is 4.90 Å². The molecule has 20 N–H and O–H groups in total. The van der Waals surface area contributed by atoms with Gasteiger partial charge in [-0.3, -0.25) is 67.1 Å². The maximum Gasteiger partial charge on any atom is 0.326 e. The molecule has 2 heterocycles. The van der Waals surface area contributed by atoms with Gasteiger partial charge in [0.25, 0.3) is 0 Å². The zero-order chi connectivity index (χ0) is 62.8. The van der Waals surface area contributed by atoms with Gasteiger partial charge in [-0.25, -0.2) is 4.79 Å². The highest BCUT2D eigenvalue weighted by Gasteiger charge is 2.41. The van der Waals surface area contributed by atoms with Crippen molar-refractivity contribution in [1.82, 2.24) is 58.1 Å². The number of aliphatic carboxylic acids is 1. The Kier molecular flexibility index (Phi) is 30.4. The number of likely N-dealkylation sites (tertiary alicyclic amines) is 1. The first-order valence-corrected chi connectivity index (χ1v) is 27.9. The molecule has 2 fully saturated rings. The van der Waals surface area contributed by atoms with Crippen LogP contribution in [0.25, 0.3) is 0 Å². The molecule has 0 aromatic rings. The van der Waals surface area contributed by atoms with Crippen molar-refractivity contribution in [3.05, 3.63) is 0 Å². The number of carbonyl (C=O) groups excluding carboxylic acids is 14. The summed E-state index contributed by atoms with van der Waals surface area (Å²) in [7, 11) is 0. The van der Waals surface area contributed by atoms with Crippen LogP contribution in [0.4, 0.5) is 0 Å². The van der Waals surface area contributed by atoms with Crippen LogP contribution in [0.2, 0.25) is 0 Å². The van der Waals surface area contributed by atoms with Crippen molar-refractivity contribution in [2.45, 2.75) is 185 Å². The van der Waals surface area contributed by atoms with Crippen LogP contribution in [0.5, 0.6) is 0 Å². The van der Waals surface area contributed by atoms with Crippen molar-refractivity contribution in [3.63, 3.8) is 0 Å². The van der Waals surface area contributed by atoms with Gasteiger partial charge in [0, 0.05) is 31.6 Å². The monoisotopic (exact) mass is 1200 g/mol. The number of carbonyl (C=O) groups is 15. The lowest BCUT2D eigenvalue weighted by Gasteiger charge is -2.30. The summed E-state index contributed by atoms with van der Waals surface area (Å²) in [4.78, 5) is 196. The molecule has 2 rings (SSSR count). The summed E-state index contributed by atoms with van der Waals surface area (Å²) >= 11 is 4.17. The number of nitrogens with zero attached hydrogens (tertiary/aromatic N) is 1. The molecule has 0 aromatic heterocycles. The molecule has 0 spiro atoms. The maximum atomic E-state index is 14.3. The molecule has 0 aromatic carbocycles. The maximum absolute atomic E-state index is 14.3. The van der Waals surface area contributed by atoms with Crippen LogP contribution in [0.1, 0.15) is 118 Å². The Hall–Kier alpha value is -7.68. The number of carboxylic acids is 1. The minimum atomic E-state index is -1.71. The fourth-order valence-electron chi connectivity index (χ4n) is 8.81. The number of rotatable bonds is 37. The van der Waals surface area contributed by atoms with Crippen LogP contribution in [0.15, 0.2) is 0 Å². The van der Waals surface area contributed by atoms with E-state index in [-0.39, 0.29) is 57.4 Å². The molecule has 2 saturated heterocycles. The molecule has 32 nitrogen and oxygen atoms in total. The molecule has 0 unspecified atom stereocenters. The highest BCUT2D eigenvalue weighted by molar-refractivity contribution is 7.80. The van der Waals surface area contributed by atoms with Crippen molar-refractivity contribution in [1.29, 1.82) is 0 Å². The molecule has 14 amide bonds. The zero-order valence-electron chi connectivity index (χ0n) is 47.2. The van der Waals surface area contributed by atoms with E-state index in [4.69, 9.17) is 22.9 Å². The summed E-state index contributed by atoms with van der Waals surface area (Å²) in [6.45, 7) is 7.47. The van der Waals surface area contributed by atoms with E-state index < -0.39 is 199 Å². The molecular formula is C50H83N15O17S.